The predicted octanol–water partition coefficient (Wildman–Crippen LogP) is 8.18. The van der Waals surface area contributed by atoms with Gasteiger partial charge in [-0.3, -0.25) is 9.59 Å². The van der Waals surface area contributed by atoms with Crippen LogP contribution in [-0.2, 0) is 23.8 Å². The van der Waals surface area contributed by atoms with Crippen molar-refractivity contribution in [3.8, 4) is 0 Å². The van der Waals surface area contributed by atoms with Crippen LogP contribution in [0, 0.1) is 5.92 Å². The fourth-order valence-electron chi connectivity index (χ4n) is 4.20. The van der Waals surface area contributed by atoms with Gasteiger partial charge in [0, 0.05) is 26.6 Å². The number of carbonyl (C=O) groups is 2. The Balaban J connectivity index is 3.60. The standard InChI is InChI=1S/C29H56O5/c1-4-6-8-10-11-12-13-18-24-33-28(30)20-16-14-17-21-29(31)34-26-23-27(22-25-32-3)19-15-9-7-5-2/h27H,4-26H2,1-3H3. The first-order valence-corrected chi connectivity index (χ1v) is 14.4. The molecule has 0 amide bonds. The Hall–Kier alpha value is -1.10. The molecule has 0 aromatic heterocycles. The van der Waals surface area contributed by atoms with Crippen LogP contribution in [0.4, 0.5) is 0 Å². The van der Waals surface area contributed by atoms with E-state index in [9.17, 15) is 9.59 Å². The highest BCUT2D eigenvalue weighted by atomic mass is 16.5. The molecule has 0 heterocycles. The molecule has 0 bridgehead atoms. The van der Waals surface area contributed by atoms with Crippen LogP contribution in [0.25, 0.3) is 0 Å². The largest absolute Gasteiger partial charge is 0.466 e. The maximum Gasteiger partial charge on any atom is 0.305 e. The molecule has 0 radical (unpaired) electrons. The third-order valence-corrected chi connectivity index (χ3v) is 6.51. The number of unbranched alkanes of at least 4 members (excludes halogenated alkanes) is 12. The maximum atomic E-state index is 12.0. The van der Waals surface area contributed by atoms with Crippen molar-refractivity contribution in [3.63, 3.8) is 0 Å². The summed E-state index contributed by atoms with van der Waals surface area (Å²) < 4.78 is 16.0. The van der Waals surface area contributed by atoms with Crippen LogP contribution in [-0.4, -0.2) is 38.9 Å². The highest BCUT2D eigenvalue weighted by molar-refractivity contribution is 5.69. The quantitative estimate of drug-likeness (QED) is 0.0915. The van der Waals surface area contributed by atoms with Gasteiger partial charge in [0.1, 0.15) is 0 Å². The number of hydrogen-bond acceptors (Lipinski definition) is 5. The molecule has 5 heteroatoms. The Morgan fingerprint density at radius 3 is 1.59 bits per heavy atom. The Labute approximate surface area is 211 Å². The summed E-state index contributed by atoms with van der Waals surface area (Å²) in [5.41, 5.74) is 0. The smallest absolute Gasteiger partial charge is 0.305 e. The fraction of sp³-hybridized carbons (Fsp3) is 0.931. The molecule has 0 aliphatic rings. The minimum absolute atomic E-state index is 0.105. The number of carbonyl (C=O) groups excluding carboxylic acids is 2. The molecule has 0 saturated heterocycles. The van der Waals surface area contributed by atoms with Crippen molar-refractivity contribution in [2.45, 2.75) is 142 Å². The fourth-order valence-corrected chi connectivity index (χ4v) is 4.20. The van der Waals surface area contributed by atoms with Gasteiger partial charge in [-0.2, -0.15) is 0 Å². The van der Waals surface area contributed by atoms with Crippen molar-refractivity contribution in [2.24, 2.45) is 5.92 Å². The van der Waals surface area contributed by atoms with Crippen LogP contribution < -0.4 is 0 Å². The summed E-state index contributed by atoms with van der Waals surface area (Å²) in [7, 11) is 1.74. The van der Waals surface area contributed by atoms with Crippen molar-refractivity contribution < 1.29 is 23.8 Å². The van der Waals surface area contributed by atoms with Gasteiger partial charge < -0.3 is 14.2 Å². The lowest BCUT2D eigenvalue weighted by Gasteiger charge is -2.16. The van der Waals surface area contributed by atoms with E-state index in [1.807, 2.05) is 0 Å². The van der Waals surface area contributed by atoms with Crippen molar-refractivity contribution in [3.05, 3.63) is 0 Å². The average Bonchev–Trinajstić information content (AvgIpc) is 2.83. The van der Waals surface area contributed by atoms with Crippen LogP contribution in [0.1, 0.15) is 142 Å². The zero-order chi connectivity index (χ0) is 25.1. The summed E-state index contributed by atoms with van der Waals surface area (Å²) in [5.74, 6) is 0.349. The molecule has 202 valence electrons. The van der Waals surface area contributed by atoms with Gasteiger partial charge in [0.25, 0.3) is 0 Å². The molecule has 0 rings (SSSR count). The van der Waals surface area contributed by atoms with Crippen molar-refractivity contribution >= 4 is 11.9 Å². The average molecular weight is 485 g/mol. The SMILES string of the molecule is CCCCCCCCCCOC(=O)CCCCCC(=O)OCCC(CCCCCC)CCOC. The van der Waals surface area contributed by atoms with Gasteiger partial charge in [0.15, 0.2) is 0 Å². The third kappa shape index (κ3) is 24.0. The van der Waals surface area contributed by atoms with Gasteiger partial charge in [0.2, 0.25) is 0 Å². The molecule has 0 aromatic rings. The van der Waals surface area contributed by atoms with E-state index in [0.29, 0.717) is 32.0 Å². The molecule has 1 atom stereocenters. The summed E-state index contributed by atoms with van der Waals surface area (Å²) in [6.07, 6.45) is 21.5. The minimum atomic E-state index is -0.117. The number of esters is 2. The molecule has 34 heavy (non-hydrogen) atoms. The normalized spacial score (nSPS) is 12.0. The second-order valence-corrected chi connectivity index (χ2v) is 9.76. The zero-order valence-corrected chi connectivity index (χ0v) is 22.9. The van der Waals surface area contributed by atoms with Gasteiger partial charge in [-0.05, 0) is 38.0 Å². The van der Waals surface area contributed by atoms with Gasteiger partial charge >= 0.3 is 11.9 Å². The summed E-state index contributed by atoms with van der Waals surface area (Å²) in [4.78, 5) is 23.8. The molecule has 0 aliphatic heterocycles. The van der Waals surface area contributed by atoms with Crippen LogP contribution in [0.5, 0.6) is 0 Å². The molecule has 5 nitrogen and oxygen atoms in total. The molecular weight excluding hydrogens is 428 g/mol. The molecule has 0 fully saturated rings. The van der Waals surface area contributed by atoms with Crippen LogP contribution >= 0.6 is 0 Å². The second-order valence-electron chi connectivity index (χ2n) is 9.76. The molecule has 0 N–H and O–H groups in total. The molecule has 1 unspecified atom stereocenters. The molecule has 0 aliphatic carbocycles. The van der Waals surface area contributed by atoms with E-state index in [1.54, 1.807) is 7.11 Å². The van der Waals surface area contributed by atoms with Crippen molar-refractivity contribution in [1.82, 2.24) is 0 Å². The highest BCUT2D eigenvalue weighted by Crippen LogP contribution is 2.19. The van der Waals surface area contributed by atoms with Crippen molar-refractivity contribution in [2.75, 3.05) is 26.9 Å². The monoisotopic (exact) mass is 484 g/mol. The van der Waals surface area contributed by atoms with Gasteiger partial charge in [-0.1, -0.05) is 97.3 Å². The Morgan fingerprint density at radius 2 is 1.00 bits per heavy atom. The first kappa shape index (κ1) is 32.9. The lowest BCUT2D eigenvalue weighted by molar-refractivity contribution is -0.144. The topological polar surface area (TPSA) is 61.8 Å². The minimum Gasteiger partial charge on any atom is -0.466 e. The molecular formula is C29H56O5. The van der Waals surface area contributed by atoms with E-state index in [1.165, 1.54) is 70.6 Å². The van der Waals surface area contributed by atoms with E-state index >= 15 is 0 Å². The van der Waals surface area contributed by atoms with E-state index in [4.69, 9.17) is 14.2 Å². The molecule has 0 saturated carbocycles. The first-order valence-electron chi connectivity index (χ1n) is 14.4. The Kier molecular flexibility index (Phi) is 25.6. The Bertz CT molecular complexity index is 452. The van der Waals surface area contributed by atoms with E-state index in [2.05, 4.69) is 13.8 Å². The third-order valence-electron chi connectivity index (χ3n) is 6.51. The van der Waals surface area contributed by atoms with Crippen LogP contribution in [0.3, 0.4) is 0 Å². The maximum absolute atomic E-state index is 12.0. The van der Waals surface area contributed by atoms with Gasteiger partial charge in [-0.15, -0.1) is 0 Å². The van der Waals surface area contributed by atoms with E-state index < -0.39 is 0 Å². The van der Waals surface area contributed by atoms with Gasteiger partial charge in [0.05, 0.1) is 13.2 Å². The van der Waals surface area contributed by atoms with E-state index in [-0.39, 0.29) is 11.9 Å². The Morgan fingerprint density at radius 1 is 0.529 bits per heavy atom. The summed E-state index contributed by atoms with van der Waals surface area (Å²) in [5, 5.41) is 0. The van der Waals surface area contributed by atoms with Crippen LogP contribution in [0.2, 0.25) is 0 Å². The number of rotatable bonds is 26. The molecule has 0 aromatic carbocycles. The first-order chi connectivity index (χ1) is 16.6. The number of ether oxygens (including phenoxy) is 3. The summed E-state index contributed by atoms with van der Waals surface area (Å²) >= 11 is 0. The number of methoxy groups -OCH3 is 1. The highest BCUT2D eigenvalue weighted by Gasteiger charge is 2.11. The summed E-state index contributed by atoms with van der Waals surface area (Å²) in [6.45, 7) is 6.29. The lowest BCUT2D eigenvalue weighted by atomic mass is 9.95. The van der Waals surface area contributed by atoms with Crippen molar-refractivity contribution in [1.29, 1.82) is 0 Å². The predicted molar refractivity (Wildman–Crippen MR) is 141 cm³/mol. The number of hydrogen-bond donors (Lipinski definition) is 0. The van der Waals surface area contributed by atoms with Gasteiger partial charge in [-0.25, -0.2) is 0 Å². The van der Waals surface area contributed by atoms with E-state index in [0.717, 1.165) is 51.6 Å². The summed E-state index contributed by atoms with van der Waals surface area (Å²) in [6, 6.07) is 0. The lowest BCUT2D eigenvalue weighted by Crippen LogP contribution is -2.12. The second kappa shape index (κ2) is 26.5. The van der Waals surface area contributed by atoms with Crippen LogP contribution in [0.15, 0.2) is 0 Å². The molecule has 0 spiro atoms. The zero-order valence-electron chi connectivity index (χ0n) is 22.9.